The number of hydrogen-bond donors (Lipinski definition) is 2. The number of rotatable bonds is 11. The smallest absolute Gasteiger partial charge is 0.270 e. The summed E-state index contributed by atoms with van der Waals surface area (Å²) in [6, 6.07) is 14.7. The van der Waals surface area contributed by atoms with Crippen molar-refractivity contribution in [3.05, 3.63) is 112 Å². The number of allylic oxidation sites excluding steroid dienone is 3. The second kappa shape index (κ2) is 12.0. The summed E-state index contributed by atoms with van der Waals surface area (Å²) < 4.78 is 4.35. The van der Waals surface area contributed by atoms with Gasteiger partial charge in [0.25, 0.3) is 5.69 Å². The number of anilines is 2. The Balaban J connectivity index is 1.72. The van der Waals surface area contributed by atoms with Crippen LogP contribution in [0.15, 0.2) is 95.8 Å². The van der Waals surface area contributed by atoms with Gasteiger partial charge >= 0.3 is 0 Å². The maximum atomic E-state index is 11.3. The average molecular weight is 526 g/mol. The molecule has 9 nitrogen and oxygen atoms in total. The van der Waals surface area contributed by atoms with Gasteiger partial charge in [0.1, 0.15) is 11.5 Å². The monoisotopic (exact) mass is 525 g/mol. The summed E-state index contributed by atoms with van der Waals surface area (Å²) in [4.78, 5) is 15.7. The van der Waals surface area contributed by atoms with Crippen molar-refractivity contribution in [2.45, 2.75) is 20.3 Å². The van der Waals surface area contributed by atoms with E-state index in [2.05, 4.69) is 50.5 Å². The molecule has 10 heteroatoms. The SMILES string of the molecule is C=C/C=C(\C=C)Nc1nc(NCCc2ccccc2)c(N=Nc2snc3ccc([N+](=O)[O-])cc23)c(C)c1C. The molecule has 0 bridgehead atoms. The van der Waals surface area contributed by atoms with Crippen LogP contribution in [0.1, 0.15) is 16.7 Å². The van der Waals surface area contributed by atoms with Crippen molar-refractivity contribution in [2.75, 3.05) is 17.2 Å². The highest BCUT2D eigenvalue weighted by atomic mass is 32.1. The van der Waals surface area contributed by atoms with Gasteiger partial charge in [0, 0.05) is 29.8 Å². The number of hydrogen-bond acceptors (Lipinski definition) is 9. The molecule has 4 rings (SSSR count). The molecule has 0 spiro atoms. The Morgan fingerprint density at radius 3 is 2.61 bits per heavy atom. The molecule has 2 N–H and O–H groups in total. The summed E-state index contributed by atoms with van der Waals surface area (Å²) >= 11 is 1.14. The van der Waals surface area contributed by atoms with Crippen molar-refractivity contribution in [3.8, 4) is 0 Å². The van der Waals surface area contributed by atoms with E-state index in [9.17, 15) is 10.1 Å². The largest absolute Gasteiger partial charge is 0.368 e. The first-order valence-electron chi connectivity index (χ1n) is 11.9. The highest BCUT2D eigenvalue weighted by Crippen LogP contribution is 2.38. The average Bonchev–Trinajstić information content (AvgIpc) is 3.33. The molecule has 0 atom stereocenters. The van der Waals surface area contributed by atoms with E-state index in [0.29, 0.717) is 39.8 Å². The van der Waals surface area contributed by atoms with Gasteiger partial charge < -0.3 is 10.6 Å². The van der Waals surface area contributed by atoms with Gasteiger partial charge in [-0.05, 0) is 66.7 Å². The predicted molar refractivity (Wildman–Crippen MR) is 155 cm³/mol. The maximum absolute atomic E-state index is 11.3. The molecule has 192 valence electrons. The lowest BCUT2D eigenvalue weighted by Crippen LogP contribution is -2.10. The molecular weight excluding hydrogens is 498 g/mol. The fourth-order valence-electron chi connectivity index (χ4n) is 3.74. The first-order valence-corrected chi connectivity index (χ1v) is 12.6. The van der Waals surface area contributed by atoms with E-state index in [1.165, 1.54) is 17.7 Å². The number of aromatic nitrogens is 2. The molecule has 0 fully saturated rings. The molecule has 0 saturated carbocycles. The van der Waals surface area contributed by atoms with Crippen LogP contribution in [0.5, 0.6) is 0 Å². The summed E-state index contributed by atoms with van der Waals surface area (Å²) in [6.07, 6.45) is 5.99. The summed E-state index contributed by atoms with van der Waals surface area (Å²) in [5.41, 5.74) is 4.94. The van der Waals surface area contributed by atoms with Gasteiger partial charge in [-0.1, -0.05) is 49.6 Å². The Kier molecular flexibility index (Phi) is 8.34. The molecule has 2 aromatic carbocycles. The lowest BCUT2D eigenvalue weighted by atomic mass is 10.1. The lowest BCUT2D eigenvalue weighted by molar-refractivity contribution is -0.384. The second-order valence-electron chi connectivity index (χ2n) is 8.40. The highest BCUT2D eigenvalue weighted by Gasteiger charge is 2.17. The Morgan fingerprint density at radius 2 is 1.89 bits per heavy atom. The zero-order valence-electron chi connectivity index (χ0n) is 21.1. The van der Waals surface area contributed by atoms with E-state index in [4.69, 9.17) is 4.98 Å². The van der Waals surface area contributed by atoms with E-state index < -0.39 is 4.92 Å². The van der Waals surface area contributed by atoms with Crippen molar-refractivity contribution in [3.63, 3.8) is 0 Å². The molecule has 0 aliphatic rings. The first-order chi connectivity index (χ1) is 18.4. The Hall–Kier alpha value is -4.70. The van der Waals surface area contributed by atoms with Crippen molar-refractivity contribution in [1.29, 1.82) is 0 Å². The van der Waals surface area contributed by atoms with Crippen LogP contribution in [0.3, 0.4) is 0 Å². The molecular formula is C28H27N7O2S. The van der Waals surface area contributed by atoms with E-state index in [1.807, 2.05) is 38.1 Å². The lowest BCUT2D eigenvalue weighted by Gasteiger charge is -2.17. The zero-order valence-corrected chi connectivity index (χ0v) is 22.0. The van der Waals surface area contributed by atoms with Crippen molar-refractivity contribution in [2.24, 2.45) is 10.2 Å². The number of azo groups is 1. The van der Waals surface area contributed by atoms with Crippen LogP contribution >= 0.6 is 11.5 Å². The van der Waals surface area contributed by atoms with Gasteiger partial charge in [-0.3, -0.25) is 10.1 Å². The van der Waals surface area contributed by atoms with Crippen molar-refractivity contribution >= 4 is 50.4 Å². The topological polar surface area (TPSA) is 118 Å². The summed E-state index contributed by atoms with van der Waals surface area (Å²) in [7, 11) is 0. The fourth-order valence-corrected chi connectivity index (χ4v) is 4.42. The molecule has 4 aromatic rings. The third-order valence-electron chi connectivity index (χ3n) is 5.94. The van der Waals surface area contributed by atoms with E-state index >= 15 is 0 Å². The van der Waals surface area contributed by atoms with Gasteiger partial charge in [0.05, 0.1) is 10.4 Å². The van der Waals surface area contributed by atoms with Crippen LogP contribution in [-0.4, -0.2) is 20.8 Å². The Bertz CT molecular complexity index is 1560. The number of nitro benzene ring substituents is 1. The number of pyridine rings is 1. The number of nitrogens with zero attached hydrogens (tertiary/aromatic N) is 5. The van der Waals surface area contributed by atoms with Gasteiger partial charge in [0.15, 0.2) is 10.8 Å². The van der Waals surface area contributed by atoms with Gasteiger partial charge in [-0.2, -0.15) is 4.37 Å². The third-order valence-corrected chi connectivity index (χ3v) is 6.70. The molecule has 2 aromatic heterocycles. The Morgan fingerprint density at radius 1 is 1.11 bits per heavy atom. The summed E-state index contributed by atoms with van der Waals surface area (Å²) in [6.45, 7) is 12.1. The predicted octanol–water partition coefficient (Wildman–Crippen LogP) is 7.95. The van der Waals surface area contributed by atoms with E-state index in [0.717, 1.165) is 34.8 Å². The van der Waals surface area contributed by atoms with E-state index in [-0.39, 0.29) is 5.69 Å². The molecule has 38 heavy (non-hydrogen) atoms. The minimum atomic E-state index is -0.436. The Labute approximate surface area is 224 Å². The molecule has 0 aliphatic carbocycles. The van der Waals surface area contributed by atoms with Crippen molar-refractivity contribution < 1.29 is 4.92 Å². The number of fused-ring (bicyclic) bond motifs is 1. The molecule has 2 heterocycles. The normalized spacial score (nSPS) is 11.6. The third kappa shape index (κ3) is 5.98. The summed E-state index contributed by atoms with van der Waals surface area (Å²) in [5.74, 6) is 1.23. The van der Waals surface area contributed by atoms with Crippen LogP contribution in [-0.2, 0) is 6.42 Å². The summed E-state index contributed by atoms with van der Waals surface area (Å²) in [5, 5.41) is 28.0. The molecule has 0 unspecified atom stereocenters. The van der Waals surface area contributed by atoms with Gasteiger partial charge in [0.2, 0.25) is 0 Å². The van der Waals surface area contributed by atoms with Crippen LogP contribution in [0.4, 0.5) is 28.0 Å². The fraction of sp³-hybridized carbons (Fsp3) is 0.143. The van der Waals surface area contributed by atoms with Crippen molar-refractivity contribution in [1.82, 2.24) is 9.36 Å². The molecule has 0 radical (unpaired) electrons. The molecule has 0 aliphatic heterocycles. The second-order valence-corrected chi connectivity index (χ2v) is 9.15. The van der Waals surface area contributed by atoms with Crippen LogP contribution in [0, 0.1) is 24.0 Å². The standard InChI is InChI=1S/C28H27N7O2S/c1-5-10-21(6-2)30-26-19(4)18(3)25(27(31-26)29-16-15-20-11-8-7-9-12-20)32-33-28-23-17-22(35(36)37)13-14-24(23)34-38-28/h5-14,17H,1-2,15-16H2,3-4H3,(H2,29,30,31)/b21-10+,33-32?. The quantitative estimate of drug-likeness (QED) is 0.0887. The highest BCUT2D eigenvalue weighted by molar-refractivity contribution is 7.11. The van der Waals surface area contributed by atoms with Gasteiger partial charge in [-0.15, -0.1) is 10.2 Å². The number of benzene rings is 2. The molecule has 0 saturated heterocycles. The van der Waals surface area contributed by atoms with Crippen LogP contribution in [0.2, 0.25) is 0 Å². The van der Waals surface area contributed by atoms with Crippen LogP contribution < -0.4 is 10.6 Å². The molecule has 0 amide bonds. The van der Waals surface area contributed by atoms with Crippen LogP contribution in [0.25, 0.3) is 10.9 Å². The first kappa shape index (κ1) is 26.4. The number of non-ortho nitro benzene ring substituents is 1. The number of nitrogens with one attached hydrogen (secondary N) is 2. The van der Waals surface area contributed by atoms with E-state index in [1.54, 1.807) is 18.2 Å². The number of nitro groups is 1. The minimum Gasteiger partial charge on any atom is -0.368 e. The van der Waals surface area contributed by atoms with Gasteiger partial charge in [-0.25, -0.2) is 4.98 Å². The minimum absolute atomic E-state index is 0.0212. The zero-order chi connectivity index (χ0) is 27.1. The maximum Gasteiger partial charge on any atom is 0.270 e.